The monoisotopic (exact) mass is 327 g/mol. The van der Waals surface area contributed by atoms with E-state index < -0.39 is 11.6 Å². The fraction of sp³-hybridized carbons (Fsp3) is 0.263. The van der Waals surface area contributed by atoms with Gasteiger partial charge in [0, 0.05) is 12.6 Å². The largest absolute Gasteiger partial charge is 0.464 e. The number of benzene rings is 2. The van der Waals surface area contributed by atoms with Crippen LogP contribution in [0.1, 0.15) is 26.3 Å². The molecule has 1 atom stereocenters. The molecule has 0 radical (unpaired) electrons. The van der Waals surface area contributed by atoms with Crippen LogP contribution >= 0.6 is 0 Å². The summed E-state index contributed by atoms with van der Waals surface area (Å²) < 4.78 is 4.90. The number of aliphatic hydroxyl groups is 1. The lowest BCUT2D eigenvalue weighted by molar-refractivity contribution is -0.164. The Kier molecular flexibility index (Phi) is 5.36. The minimum atomic E-state index is -1.68. The normalized spacial score (nSPS) is 13.0. The summed E-state index contributed by atoms with van der Waals surface area (Å²) in [7, 11) is 0. The summed E-state index contributed by atoms with van der Waals surface area (Å²) in [6, 6.07) is 14.5. The lowest BCUT2D eigenvalue weighted by atomic mass is 9.94. The number of esters is 1. The summed E-state index contributed by atoms with van der Waals surface area (Å²) in [6.45, 7) is 4.79. The number of amides is 1. The number of carbonyl (C=O) groups is 2. The zero-order valence-electron chi connectivity index (χ0n) is 14.0. The van der Waals surface area contributed by atoms with Crippen molar-refractivity contribution in [1.29, 1.82) is 0 Å². The van der Waals surface area contributed by atoms with E-state index in [1.54, 1.807) is 19.1 Å². The highest BCUT2D eigenvalue weighted by atomic mass is 16.5. The van der Waals surface area contributed by atoms with Gasteiger partial charge in [-0.25, -0.2) is 4.79 Å². The van der Waals surface area contributed by atoms with E-state index in [0.717, 1.165) is 16.8 Å². The summed E-state index contributed by atoms with van der Waals surface area (Å²) in [4.78, 5) is 22.9. The van der Waals surface area contributed by atoms with Gasteiger partial charge in [0.1, 0.15) is 0 Å². The highest BCUT2D eigenvalue weighted by Crippen LogP contribution is 2.27. The van der Waals surface area contributed by atoms with E-state index in [2.05, 4.69) is 5.32 Å². The Labute approximate surface area is 141 Å². The smallest absolute Gasteiger partial charge is 0.342 e. The lowest BCUT2D eigenvalue weighted by Gasteiger charge is -2.21. The standard InChI is InChI=1S/C19H21NO4/c1-4-24-18(22)19(3,23)16-9-5-14(6-10-16)15-7-11-17(12-8-15)20-13(2)21/h5-12,23H,4H2,1-3H3,(H,20,21). The van der Waals surface area contributed by atoms with Crippen molar-refractivity contribution < 1.29 is 19.4 Å². The minimum absolute atomic E-state index is 0.117. The van der Waals surface area contributed by atoms with E-state index in [-0.39, 0.29) is 12.5 Å². The fourth-order valence-corrected chi connectivity index (χ4v) is 2.33. The van der Waals surface area contributed by atoms with Crippen LogP contribution in [0.3, 0.4) is 0 Å². The Balaban J connectivity index is 2.20. The Morgan fingerprint density at radius 1 is 1.04 bits per heavy atom. The Morgan fingerprint density at radius 2 is 1.54 bits per heavy atom. The number of anilines is 1. The average Bonchev–Trinajstić information content (AvgIpc) is 2.55. The third-order valence-corrected chi connectivity index (χ3v) is 3.66. The van der Waals surface area contributed by atoms with E-state index in [4.69, 9.17) is 4.74 Å². The topological polar surface area (TPSA) is 75.6 Å². The van der Waals surface area contributed by atoms with Crippen LogP contribution in [0.4, 0.5) is 5.69 Å². The summed E-state index contributed by atoms with van der Waals surface area (Å²) in [5.41, 5.74) is 1.43. The molecule has 1 unspecified atom stereocenters. The van der Waals surface area contributed by atoms with Gasteiger partial charge in [0.2, 0.25) is 5.91 Å². The second kappa shape index (κ2) is 7.27. The first-order valence-electron chi connectivity index (χ1n) is 7.72. The van der Waals surface area contributed by atoms with Gasteiger partial charge in [0.25, 0.3) is 0 Å². The van der Waals surface area contributed by atoms with E-state index in [1.165, 1.54) is 13.8 Å². The molecule has 126 valence electrons. The molecule has 2 aromatic rings. The van der Waals surface area contributed by atoms with Crippen LogP contribution in [0.2, 0.25) is 0 Å². The second-order valence-corrected chi connectivity index (χ2v) is 5.63. The van der Waals surface area contributed by atoms with Crippen LogP contribution in [0.25, 0.3) is 11.1 Å². The number of rotatable bonds is 5. The van der Waals surface area contributed by atoms with E-state index in [1.807, 2.05) is 36.4 Å². The Morgan fingerprint density at radius 3 is 2.00 bits per heavy atom. The SMILES string of the molecule is CCOC(=O)C(C)(O)c1ccc(-c2ccc(NC(C)=O)cc2)cc1. The summed E-state index contributed by atoms with van der Waals surface area (Å²) in [6.07, 6.45) is 0. The van der Waals surface area contributed by atoms with Gasteiger partial charge < -0.3 is 15.2 Å². The molecule has 2 rings (SSSR count). The van der Waals surface area contributed by atoms with E-state index in [0.29, 0.717) is 5.56 Å². The van der Waals surface area contributed by atoms with E-state index >= 15 is 0 Å². The molecule has 2 aromatic carbocycles. The van der Waals surface area contributed by atoms with Crippen LogP contribution in [0.15, 0.2) is 48.5 Å². The third-order valence-electron chi connectivity index (χ3n) is 3.66. The van der Waals surface area contributed by atoms with Crippen LogP contribution in [-0.4, -0.2) is 23.6 Å². The number of hydrogen-bond acceptors (Lipinski definition) is 4. The van der Waals surface area contributed by atoms with E-state index in [9.17, 15) is 14.7 Å². The fourth-order valence-electron chi connectivity index (χ4n) is 2.33. The van der Waals surface area contributed by atoms with Crippen molar-refractivity contribution in [2.24, 2.45) is 0 Å². The molecule has 0 fully saturated rings. The summed E-state index contributed by atoms with van der Waals surface area (Å²) >= 11 is 0. The molecule has 0 spiro atoms. The van der Waals surface area contributed by atoms with Gasteiger partial charge >= 0.3 is 5.97 Å². The zero-order chi connectivity index (χ0) is 17.7. The van der Waals surface area contributed by atoms with Gasteiger partial charge in [-0.05, 0) is 42.7 Å². The highest BCUT2D eigenvalue weighted by molar-refractivity contribution is 5.89. The molecule has 5 heteroatoms. The van der Waals surface area contributed by atoms with Crippen molar-refractivity contribution in [3.05, 3.63) is 54.1 Å². The third kappa shape index (κ3) is 4.00. The van der Waals surface area contributed by atoms with Gasteiger partial charge in [0.05, 0.1) is 6.61 Å². The van der Waals surface area contributed by atoms with Gasteiger partial charge in [0.15, 0.2) is 5.60 Å². The second-order valence-electron chi connectivity index (χ2n) is 5.63. The molecule has 24 heavy (non-hydrogen) atoms. The highest BCUT2D eigenvalue weighted by Gasteiger charge is 2.33. The van der Waals surface area contributed by atoms with Crippen LogP contribution < -0.4 is 5.32 Å². The summed E-state index contributed by atoms with van der Waals surface area (Å²) in [5.74, 6) is -0.786. The molecule has 0 aliphatic rings. The van der Waals surface area contributed by atoms with Crippen LogP contribution in [0, 0.1) is 0 Å². The van der Waals surface area contributed by atoms with Crippen molar-refractivity contribution in [3.63, 3.8) is 0 Å². The summed E-state index contributed by atoms with van der Waals surface area (Å²) in [5, 5.41) is 13.1. The molecular formula is C19H21NO4. The first-order valence-corrected chi connectivity index (χ1v) is 7.72. The van der Waals surface area contributed by atoms with Gasteiger partial charge in [-0.3, -0.25) is 4.79 Å². The zero-order valence-corrected chi connectivity index (χ0v) is 14.0. The number of carbonyl (C=O) groups excluding carboxylic acids is 2. The van der Waals surface area contributed by atoms with Crippen molar-refractivity contribution in [1.82, 2.24) is 0 Å². The molecule has 0 bridgehead atoms. The maximum absolute atomic E-state index is 11.8. The van der Waals surface area contributed by atoms with Gasteiger partial charge in [-0.2, -0.15) is 0 Å². The molecule has 5 nitrogen and oxygen atoms in total. The molecule has 0 saturated carbocycles. The number of nitrogens with one attached hydrogen (secondary N) is 1. The maximum Gasteiger partial charge on any atom is 0.342 e. The number of hydrogen-bond donors (Lipinski definition) is 2. The van der Waals surface area contributed by atoms with Crippen molar-refractivity contribution in [2.75, 3.05) is 11.9 Å². The van der Waals surface area contributed by atoms with Crippen LogP contribution in [0.5, 0.6) is 0 Å². The molecule has 0 aliphatic heterocycles. The van der Waals surface area contributed by atoms with Crippen molar-refractivity contribution in [2.45, 2.75) is 26.4 Å². The Bertz CT molecular complexity index is 718. The molecule has 2 N–H and O–H groups in total. The predicted octanol–water partition coefficient (Wildman–Crippen LogP) is 3.08. The van der Waals surface area contributed by atoms with Crippen molar-refractivity contribution in [3.8, 4) is 11.1 Å². The molecule has 0 saturated heterocycles. The van der Waals surface area contributed by atoms with Crippen molar-refractivity contribution >= 4 is 17.6 Å². The Hall–Kier alpha value is -2.66. The minimum Gasteiger partial charge on any atom is -0.464 e. The van der Waals surface area contributed by atoms with Crippen LogP contribution in [-0.2, 0) is 19.9 Å². The first kappa shape index (κ1) is 17.7. The van der Waals surface area contributed by atoms with Gasteiger partial charge in [-0.15, -0.1) is 0 Å². The molecular weight excluding hydrogens is 306 g/mol. The predicted molar refractivity (Wildman–Crippen MR) is 92.4 cm³/mol. The lowest BCUT2D eigenvalue weighted by Crippen LogP contribution is -2.34. The molecule has 0 heterocycles. The quantitative estimate of drug-likeness (QED) is 0.828. The number of ether oxygens (including phenoxy) is 1. The maximum atomic E-state index is 11.8. The molecule has 0 aliphatic carbocycles. The average molecular weight is 327 g/mol. The molecule has 1 amide bonds. The first-order chi connectivity index (χ1) is 11.3. The van der Waals surface area contributed by atoms with Gasteiger partial charge in [-0.1, -0.05) is 36.4 Å². The molecule has 0 aromatic heterocycles.